The van der Waals surface area contributed by atoms with Crippen LogP contribution in [-0.4, -0.2) is 30.0 Å². The number of hydrogen-bond acceptors (Lipinski definition) is 6. The lowest BCUT2D eigenvalue weighted by Crippen LogP contribution is -2.17. The molecule has 1 aliphatic heterocycles. The third kappa shape index (κ3) is 4.78. The van der Waals surface area contributed by atoms with Crippen molar-refractivity contribution in [2.24, 2.45) is 0 Å². The third-order valence-electron chi connectivity index (χ3n) is 4.57. The number of anilines is 2. The summed E-state index contributed by atoms with van der Waals surface area (Å²) in [7, 11) is -8.15. The fourth-order valence-corrected chi connectivity index (χ4v) is 5.17. The van der Waals surface area contributed by atoms with E-state index in [1.807, 2.05) is 0 Å². The first-order valence-electron chi connectivity index (χ1n) is 9.54. The summed E-state index contributed by atoms with van der Waals surface area (Å²) in [6, 6.07) is 14.4. The van der Waals surface area contributed by atoms with Gasteiger partial charge >= 0.3 is 0 Å². The van der Waals surface area contributed by atoms with Gasteiger partial charge in [-0.2, -0.15) is 0 Å². The third-order valence-corrected chi connectivity index (χ3v) is 7.31. The first-order valence-corrected chi connectivity index (χ1v) is 12.5. The molecule has 0 radical (unpaired) electrons. The van der Waals surface area contributed by atoms with Crippen LogP contribution >= 0.6 is 0 Å². The van der Waals surface area contributed by atoms with Crippen molar-refractivity contribution < 1.29 is 30.7 Å². The molecular formula is C21H19FN2O6S2. The van der Waals surface area contributed by atoms with Crippen LogP contribution < -0.4 is 18.9 Å². The number of ether oxygens (including phenoxy) is 2. The Bertz CT molecular complexity index is 1340. The van der Waals surface area contributed by atoms with E-state index in [0.29, 0.717) is 31.1 Å². The molecule has 4 rings (SSSR count). The zero-order valence-corrected chi connectivity index (χ0v) is 18.2. The van der Waals surface area contributed by atoms with Crippen molar-refractivity contribution in [2.45, 2.75) is 16.2 Å². The van der Waals surface area contributed by atoms with Crippen molar-refractivity contribution in [3.8, 4) is 11.5 Å². The minimum atomic E-state index is -4.08. The number of para-hydroxylation sites is 2. The molecule has 3 aromatic rings. The molecular weight excluding hydrogens is 459 g/mol. The second-order valence-corrected chi connectivity index (χ2v) is 10.2. The quantitative estimate of drug-likeness (QED) is 0.560. The number of nitrogens with one attached hydrogen (secondary N) is 2. The highest BCUT2D eigenvalue weighted by Gasteiger charge is 2.22. The molecule has 0 aliphatic carbocycles. The van der Waals surface area contributed by atoms with Crippen molar-refractivity contribution in [1.29, 1.82) is 0 Å². The maximum absolute atomic E-state index is 13.1. The Morgan fingerprint density at radius 1 is 0.688 bits per heavy atom. The van der Waals surface area contributed by atoms with Gasteiger partial charge in [-0.25, -0.2) is 21.2 Å². The van der Waals surface area contributed by atoms with E-state index in [4.69, 9.17) is 9.47 Å². The van der Waals surface area contributed by atoms with Crippen LogP contribution in [0, 0.1) is 5.82 Å². The molecule has 0 saturated heterocycles. The van der Waals surface area contributed by atoms with E-state index in [-0.39, 0.29) is 21.2 Å². The smallest absolute Gasteiger partial charge is 0.262 e. The molecule has 3 aromatic carbocycles. The van der Waals surface area contributed by atoms with Gasteiger partial charge in [-0.3, -0.25) is 9.44 Å². The summed E-state index contributed by atoms with van der Waals surface area (Å²) in [6.07, 6.45) is 0.677. The number of sulfonamides is 2. The Morgan fingerprint density at radius 3 is 1.84 bits per heavy atom. The van der Waals surface area contributed by atoms with E-state index in [2.05, 4.69) is 9.44 Å². The summed E-state index contributed by atoms with van der Waals surface area (Å²) >= 11 is 0. The van der Waals surface area contributed by atoms with Gasteiger partial charge in [0.2, 0.25) is 0 Å². The van der Waals surface area contributed by atoms with Crippen LogP contribution in [0.2, 0.25) is 0 Å². The highest BCUT2D eigenvalue weighted by Crippen LogP contribution is 2.33. The fourth-order valence-electron chi connectivity index (χ4n) is 2.99. The zero-order chi connectivity index (χ0) is 22.8. The van der Waals surface area contributed by atoms with Gasteiger partial charge in [0.25, 0.3) is 20.0 Å². The van der Waals surface area contributed by atoms with Crippen LogP contribution in [0.4, 0.5) is 15.8 Å². The summed E-state index contributed by atoms with van der Waals surface area (Å²) < 4.78 is 80.2. The minimum absolute atomic E-state index is 0.00902. The summed E-state index contributed by atoms with van der Waals surface area (Å²) in [4.78, 5) is -0.239. The molecule has 0 atom stereocenters. The number of benzene rings is 3. The Hall–Kier alpha value is -3.31. The van der Waals surface area contributed by atoms with Crippen LogP contribution in [0.3, 0.4) is 0 Å². The first kappa shape index (κ1) is 21.9. The summed E-state index contributed by atoms with van der Waals surface area (Å²) in [5.41, 5.74) is 0.0278. The Labute approximate surface area is 185 Å². The van der Waals surface area contributed by atoms with Crippen molar-refractivity contribution in [3.05, 3.63) is 72.5 Å². The highest BCUT2D eigenvalue weighted by molar-refractivity contribution is 7.93. The standard InChI is InChI=1S/C21H19FN2O6S2/c22-15-6-8-16(9-7-15)31(25,26)23-18-4-1-2-5-19(18)24-32(27,28)17-10-11-20-21(14-17)30-13-3-12-29-20/h1-2,4-11,14,23-24H,3,12-13H2. The molecule has 0 unspecified atom stereocenters. The molecule has 0 fully saturated rings. The lowest BCUT2D eigenvalue weighted by atomic mass is 10.3. The van der Waals surface area contributed by atoms with Gasteiger partial charge in [0, 0.05) is 12.5 Å². The number of rotatable bonds is 6. The highest BCUT2D eigenvalue weighted by atomic mass is 32.2. The van der Waals surface area contributed by atoms with Crippen LogP contribution in [0.1, 0.15) is 6.42 Å². The second-order valence-electron chi connectivity index (χ2n) is 6.87. The maximum atomic E-state index is 13.1. The molecule has 0 bridgehead atoms. The van der Waals surface area contributed by atoms with Crippen molar-refractivity contribution in [2.75, 3.05) is 22.7 Å². The molecule has 32 heavy (non-hydrogen) atoms. The topological polar surface area (TPSA) is 111 Å². The molecule has 2 N–H and O–H groups in total. The van der Waals surface area contributed by atoms with E-state index < -0.39 is 25.9 Å². The average molecular weight is 479 g/mol. The number of hydrogen-bond donors (Lipinski definition) is 2. The molecule has 0 saturated carbocycles. The van der Waals surface area contributed by atoms with Crippen molar-refractivity contribution in [3.63, 3.8) is 0 Å². The lowest BCUT2D eigenvalue weighted by Gasteiger charge is -2.15. The summed E-state index contributed by atoms with van der Waals surface area (Å²) in [6.45, 7) is 0.872. The van der Waals surface area contributed by atoms with E-state index in [1.165, 1.54) is 30.3 Å². The average Bonchev–Trinajstić information content (AvgIpc) is 3.00. The zero-order valence-electron chi connectivity index (χ0n) is 16.6. The molecule has 0 spiro atoms. The van der Waals surface area contributed by atoms with Crippen LogP contribution in [0.15, 0.2) is 76.5 Å². The largest absolute Gasteiger partial charge is 0.490 e. The molecule has 1 aliphatic rings. The molecule has 0 aromatic heterocycles. The predicted octanol–water partition coefficient (Wildman–Crippen LogP) is 3.59. The summed E-state index contributed by atoms with van der Waals surface area (Å²) in [5, 5.41) is 0. The lowest BCUT2D eigenvalue weighted by molar-refractivity contribution is 0.297. The van der Waals surface area contributed by atoms with Crippen LogP contribution in [-0.2, 0) is 20.0 Å². The normalized spacial score (nSPS) is 13.8. The Balaban J connectivity index is 1.61. The minimum Gasteiger partial charge on any atom is -0.490 e. The molecule has 0 amide bonds. The predicted molar refractivity (Wildman–Crippen MR) is 117 cm³/mol. The SMILES string of the molecule is O=S(=O)(Nc1ccccc1NS(=O)(=O)c1ccc2c(c1)OCCCO2)c1ccc(F)cc1. The molecule has 168 valence electrons. The van der Waals surface area contributed by atoms with E-state index in [1.54, 1.807) is 12.1 Å². The van der Waals surface area contributed by atoms with Gasteiger partial charge in [-0.05, 0) is 48.5 Å². The Kier molecular flexibility index (Phi) is 5.94. The van der Waals surface area contributed by atoms with Crippen LogP contribution in [0.25, 0.3) is 0 Å². The first-order chi connectivity index (χ1) is 15.2. The van der Waals surface area contributed by atoms with Gasteiger partial charge in [-0.15, -0.1) is 0 Å². The van der Waals surface area contributed by atoms with Gasteiger partial charge in [0.05, 0.1) is 34.4 Å². The fraction of sp³-hybridized carbons (Fsp3) is 0.143. The Morgan fingerprint density at radius 2 is 1.22 bits per heavy atom. The molecule has 11 heteroatoms. The number of fused-ring (bicyclic) bond motifs is 1. The van der Waals surface area contributed by atoms with Gasteiger partial charge < -0.3 is 9.47 Å². The van der Waals surface area contributed by atoms with Gasteiger partial charge in [-0.1, -0.05) is 12.1 Å². The maximum Gasteiger partial charge on any atom is 0.262 e. The molecule has 8 nitrogen and oxygen atoms in total. The second kappa shape index (κ2) is 8.67. The van der Waals surface area contributed by atoms with Crippen LogP contribution in [0.5, 0.6) is 11.5 Å². The van der Waals surface area contributed by atoms with Crippen molar-refractivity contribution >= 4 is 31.4 Å². The monoisotopic (exact) mass is 478 g/mol. The molecule has 1 heterocycles. The van der Waals surface area contributed by atoms with Gasteiger partial charge in [0.15, 0.2) is 11.5 Å². The van der Waals surface area contributed by atoms with E-state index >= 15 is 0 Å². The van der Waals surface area contributed by atoms with E-state index in [0.717, 1.165) is 24.3 Å². The van der Waals surface area contributed by atoms with E-state index in [9.17, 15) is 21.2 Å². The summed E-state index contributed by atoms with van der Waals surface area (Å²) in [5.74, 6) is 0.192. The van der Waals surface area contributed by atoms with Gasteiger partial charge in [0.1, 0.15) is 5.82 Å². The van der Waals surface area contributed by atoms with Crippen molar-refractivity contribution in [1.82, 2.24) is 0 Å². The number of halogens is 1.